The van der Waals surface area contributed by atoms with Crippen LogP contribution in [0.2, 0.25) is 0 Å². The molecule has 6 heteroatoms. The van der Waals surface area contributed by atoms with Crippen molar-refractivity contribution in [3.63, 3.8) is 0 Å². The molecule has 128 valence electrons. The highest BCUT2D eigenvalue weighted by Crippen LogP contribution is 2.36. The number of hydrogen-bond acceptors (Lipinski definition) is 5. The normalized spacial score (nSPS) is 28.4. The summed E-state index contributed by atoms with van der Waals surface area (Å²) in [5.74, 6) is 0. The van der Waals surface area contributed by atoms with E-state index < -0.39 is 11.1 Å². The van der Waals surface area contributed by atoms with Crippen molar-refractivity contribution < 1.29 is 19.0 Å². The van der Waals surface area contributed by atoms with E-state index in [1.807, 2.05) is 20.8 Å². The molecule has 0 radical (unpaired) electrons. The molecule has 0 aliphatic carbocycles. The van der Waals surface area contributed by atoms with E-state index in [2.05, 4.69) is 10.6 Å². The number of methoxy groups -OCH3 is 1. The number of amides is 1. The second-order valence-corrected chi connectivity index (χ2v) is 7.52. The summed E-state index contributed by atoms with van der Waals surface area (Å²) in [6, 6.07) is 0. The Kier molecular flexibility index (Phi) is 5.35. The summed E-state index contributed by atoms with van der Waals surface area (Å²) in [6.45, 7) is 8.67. The monoisotopic (exact) mass is 314 g/mol. The molecule has 0 spiro atoms. The van der Waals surface area contributed by atoms with Gasteiger partial charge in [0, 0.05) is 20.1 Å². The first kappa shape index (κ1) is 17.5. The minimum absolute atomic E-state index is 0.200. The van der Waals surface area contributed by atoms with Gasteiger partial charge in [0.2, 0.25) is 0 Å². The molecule has 0 aromatic heterocycles. The summed E-state index contributed by atoms with van der Waals surface area (Å²) >= 11 is 0. The van der Waals surface area contributed by atoms with Crippen molar-refractivity contribution in [1.82, 2.24) is 10.6 Å². The second kappa shape index (κ2) is 6.72. The minimum atomic E-state index is -0.502. The number of carbonyl (C=O) groups excluding carboxylic acids is 1. The van der Waals surface area contributed by atoms with E-state index in [4.69, 9.17) is 14.2 Å². The Morgan fingerprint density at radius 3 is 2.45 bits per heavy atom. The lowest BCUT2D eigenvalue weighted by Crippen LogP contribution is -2.57. The number of rotatable bonds is 4. The number of ether oxygens (including phenoxy) is 3. The molecule has 0 bridgehead atoms. The standard InChI is InChI=1S/C16H30N2O4/c1-14(2,3)22-13(19)18-15(7-10-21-12-15)11-16(20-4)5-8-17-9-6-16/h17H,5-12H2,1-4H3,(H,18,19). The van der Waals surface area contributed by atoms with Gasteiger partial charge in [-0.05, 0) is 53.1 Å². The molecule has 0 saturated carbocycles. The van der Waals surface area contributed by atoms with E-state index in [1.54, 1.807) is 7.11 Å². The predicted molar refractivity (Wildman–Crippen MR) is 84.0 cm³/mol. The van der Waals surface area contributed by atoms with Crippen LogP contribution in [0.5, 0.6) is 0 Å². The van der Waals surface area contributed by atoms with Gasteiger partial charge in [-0.25, -0.2) is 4.79 Å². The van der Waals surface area contributed by atoms with E-state index in [1.165, 1.54) is 0 Å². The fourth-order valence-electron chi connectivity index (χ4n) is 3.36. The van der Waals surface area contributed by atoms with Crippen molar-refractivity contribution in [2.45, 2.75) is 63.2 Å². The van der Waals surface area contributed by atoms with E-state index >= 15 is 0 Å². The molecule has 2 fully saturated rings. The fraction of sp³-hybridized carbons (Fsp3) is 0.938. The molecule has 1 amide bonds. The van der Waals surface area contributed by atoms with Crippen molar-refractivity contribution in [2.75, 3.05) is 33.4 Å². The highest BCUT2D eigenvalue weighted by Gasteiger charge is 2.46. The van der Waals surface area contributed by atoms with Crippen molar-refractivity contribution in [1.29, 1.82) is 0 Å². The predicted octanol–water partition coefficient (Wildman–Crippen LogP) is 1.83. The van der Waals surface area contributed by atoms with Crippen LogP contribution in [-0.4, -0.2) is 56.2 Å². The van der Waals surface area contributed by atoms with Gasteiger partial charge < -0.3 is 24.8 Å². The summed E-state index contributed by atoms with van der Waals surface area (Å²) in [6.07, 6.45) is 3.07. The first-order chi connectivity index (χ1) is 10.3. The molecular formula is C16H30N2O4. The van der Waals surface area contributed by atoms with Gasteiger partial charge in [0.15, 0.2) is 0 Å². The minimum Gasteiger partial charge on any atom is -0.444 e. The average molecular weight is 314 g/mol. The largest absolute Gasteiger partial charge is 0.444 e. The summed E-state index contributed by atoms with van der Waals surface area (Å²) < 4.78 is 16.9. The van der Waals surface area contributed by atoms with Crippen LogP contribution >= 0.6 is 0 Å². The van der Waals surface area contributed by atoms with Gasteiger partial charge >= 0.3 is 6.09 Å². The molecule has 2 rings (SSSR count). The van der Waals surface area contributed by atoms with Gasteiger partial charge in [0.25, 0.3) is 0 Å². The maximum absolute atomic E-state index is 12.2. The van der Waals surface area contributed by atoms with Gasteiger partial charge in [0.05, 0.1) is 17.7 Å². The van der Waals surface area contributed by atoms with E-state index in [0.29, 0.717) is 13.2 Å². The van der Waals surface area contributed by atoms with E-state index in [-0.39, 0.29) is 11.7 Å². The third-order valence-corrected chi connectivity index (χ3v) is 4.48. The Morgan fingerprint density at radius 2 is 1.95 bits per heavy atom. The molecule has 6 nitrogen and oxygen atoms in total. The number of hydrogen-bond donors (Lipinski definition) is 2. The number of carbonyl (C=O) groups is 1. The number of nitrogens with one attached hydrogen (secondary N) is 2. The zero-order chi connectivity index (χ0) is 16.3. The lowest BCUT2D eigenvalue weighted by Gasteiger charge is -2.43. The van der Waals surface area contributed by atoms with Crippen LogP contribution < -0.4 is 10.6 Å². The summed E-state index contributed by atoms with van der Waals surface area (Å²) in [5, 5.41) is 6.43. The maximum Gasteiger partial charge on any atom is 0.408 e. The third kappa shape index (κ3) is 4.57. The van der Waals surface area contributed by atoms with Gasteiger partial charge in [-0.15, -0.1) is 0 Å². The van der Waals surface area contributed by atoms with Crippen LogP contribution in [0, 0.1) is 0 Å². The van der Waals surface area contributed by atoms with Gasteiger partial charge in [-0.3, -0.25) is 0 Å². The topological polar surface area (TPSA) is 68.8 Å². The van der Waals surface area contributed by atoms with Gasteiger partial charge in [0.1, 0.15) is 5.60 Å². The van der Waals surface area contributed by atoms with Crippen LogP contribution in [0.1, 0.15) is 46.5 Å². The molecule has 2 aliphatic heterocycles. The molecule has 2 aliphatic rings. The van der Waals surface area contributed by atoms with Crippen LogP contribution in [0.25, 0.3) is 0 Å². The molecule has 1 unspecified atom stereocenters. The molecule has 1 atom stereocenters. The third-order valence-electron chi connectivity index (χ3n) is 4.48. The average Bonchev–Trinajstić information content (AvgIpc) is 2.85. The molecular weight excluding hydrogens is 284 g/mol. The second-order valence-electron chi connectivity index (χ2n) is 7.52. The number of alkyl carbamates (subject to hydrolysis) is 1. The Balaban J connectivity index is 2.06. The molecule has 0 aromatic rings. The van der Waals surface area contributed by atoms with Crippen LogP contribution in [0.4, 0.5) is 4.79 Å². The van der Waals surface area contributed by atoms with Crippen molar-refractivity contribution >= 4 is 6.09 Å². The smallest absolute Gasteiger partial charge is 0.408 e. The first-order valence-electron chi connectivity index (χ1n) is 8.13. The van der Waals surface area contributed by atoms with Crippen molar-refractivity contribution in [3.8, 4) is 0 Å². The van der Waals surface area contributed by atoms with Crippen LogP contribution in [0.15, 0.2) is 0 Å². The molecule has 2 N–H and O–H groups in total. The molecule has 22 heavy (non-hydrogen) atoms. The van der Waals surface area contributed by atoms with Crippen LogP contribution in [0.3, 0.4) is 0 Å². The van der Waals surface area contributed by atoms with Crippen molar-refractivity contribution in [2.24, 2.45) is 0 Å². The van der Waals surface area contributed by atoms with E-state index in [9.17, 15) is 4.79 Å². The highest BCUT2D eigenvalue weighted by molar-refractivity contribution is 5.69. The van der Waals surface area contributed by atoms with Crippen molar-refractivity contribution in [3.05, 3.63) is 0 Å². The SMILES string of the molecule is COC1(CC2(NC(=O)OC(C)(C)C)CCOC2)CCNCC1. The number of piperidine rings is 1. The molecule has 2 heterocycles. The Labute approximate surface area is 133 Å². The Morgan fingerprint density at radius 1 is 1.27 bits per heavy atom. The summed E-state index contributed by atoms with van der Waals surface area (Å²) in [5.41, 5.74) is -1.10. The highest BCUT2D eigenvalue weighted by atomic mass is 16.6. The zero-order valence-electron chi connectivity index (χ0n) is 14.3. The quantitative estimate of drug-likeness (QED) is 0.828. The summed E-state index contributed by atoms with van der Waals surface area (Å²) in [4.78, 5) is 12.2. The summed E-state index contributed by atoms with van der Waals surface area (Å²) in [7, 11) is 1.77. The van der Waals surface area contributed by atoms with Gasteiger partial charge in [-0.2, -0.15) is 0 Å². The molecule has 2 saturated heterocycles. The Bertz CT molecular complexity index is 380. The molecule has 0 aromatic carbocycles. The Hall–Kier alpha value is -0.850. The zero-order valence-corrected chi connectivity index (χ0v) is 14.3. The van der Waals surface area contributed by atoms with Crippen LogP contribution in [-0.2, 0) is 14.2 Å². The lowest BCUT2D eigenvalue weighted by molar-refractivity contribution is -0.0611. The van der Waals surface area contributed by atoms with Gasteiger partial charge in [-0.1, -0.05) is 0 Å². The van der Waals surface area contributed by atoms with E-state index in [0.717, 1.165) is 38.8 Å². The fourth-order valence-corrected chi connectivity index (χ4v) is 3.36. The lowest BCUT2D eigenvalue weighted by atomic mass is 9.78. The first-order valence-corrected chi connectivity index (χ1v) is 8.13. The maximum atomic E-state index is 12.2.